The molecule has 0 aliphatic rings. The molecule has 0 saturated heterocycles. The van der Waals surface area contributed by atoms with Crippen molar-refractivity contribution in [1.82, 2.24) is 0 Å². The summed E-state index contributed by atoms with van der Waals surface area (Å²) in [6, 6.07) is 5.85. The number of aryl methyl sites for hydroxylation is 1. The Morgan fingerprint density at radius 3 is 2.63 bits per heavy atom. The first-order chi connectivity index (χ1) is 14.1. The molecule has 158 valence electrons. The lowest BCUT2D eigenvalue weighted by molar-refractivity contribution is -0.140. The molecule has 4 nitrogen and oxygen atoms in total. The maximum atomic E-state index is 13.4. The summed E-state index contributed by atoms with van der Waals surface area (Å²) in [5.74, 6) is -1.54. The minimum absolute atomic E-state index is 0.163. The van der Waals surface area contributed by atoms with Gasteiger partial charge in [0.25, 0.3) is 0 Å². The maximum absolute atomic E-state index is 13.4. The molecule has 3 rings (SSSR count). The molecule has 8 heteroatoms. The molecule has 0 fully saturated rings. The molecule has 0 unspecified atom stereocenters. The zero-order chi connectivity index (χ0) is 22.1. The highest BCUT2D eigenvalue weighted by atomic mass is 19.4. The summed E-state index contributed by atoms with van der Waals surface area (Å²) in [4.78, 5) is 12.4. The molecule has 0 saturated carbocycles. The Labute approximate surface area is 170 Å². The van der Waals surface area contributed by atoms with E-state index in [4.69, 9.17) is 9.15 Å². The molecule has 0 radical (unpaired) electrons. The summed E-state index contributed by atoms with van der Waals surface area (Å²) in [7, 11) is 0. The molecule has 0 aliphatic carbocycles. The van der Waals surface area contributed by atoms with Crippen LogP contribution in [0.1, 0.15) is 30.5 Å². The van der Waals surface area contributed by atoms with Crippen LogP contribution in [-0.4, -0.2) is 12.5 Å². The van der Waals surface area contributed by atoms with Crippen LogP contribution in [0.3, 0.4) is 0 Å². The average Bonchev–Trinajstić information content (AvgIpc) is 3.02. The number of allylic oxidation sites excluding steroid dienone is 1. The molecule has 0 atom stereocenters. The molecule has 3 aromatic rings. The van der Waals surface area contributed by atoms with Crippen LogP contribution < -0.4 is 10.1 Å². The second kappa shape index (κ2) is 8.22. The van der Waals surface area contributed by atoms with E-state index < -0.39 is 23.5 Å². The number of anilines is 1. The standard InChI is InChI=1S/C22H19F4NO3/c1-4-29-19-10-20-16(13(3)11-30-20)9-15(19)12(2)7-21(28)27-14-5-6-18(23)17(8-14)22(24,25)26/h5-11H,4H2,1-3H3,(H,27,28)/b12-7+. The number of hydrogen-bond acceptors (Lipinski definition) is 3. The SMILES string of the molecule is CCOc1cc2occ(C)c2cc1/C(C)=C/C(=O)Nc1ccc(F)c(C(F)(F)F)c1. The minimum atomic E-state index is -4.86. The van der Waals surface area contributed by atoms with Gasteiger partial charge in [0, 0.05) is 28.8 Å². The number of halogens is 4. The molecule has 1 heterocycles. The first kappa shape index (κ1) is 21.4. The van der Waals surface area contributed by atoms with Crippen molar-refractivity contribution in [2.75, 3.05) is 11.9 Å². The molecule has 2 aromatic carbocycles. The summed E-state index contributed by atoms with van der Waals surface area (Å²) in [5.41, 5.74) is 1.14. The Morgan fingerprint density at radius 2 is 1.97 bits per heavy atom. The van der Waals surface area contributed by atoms with E-state index in [1.807, 2.05) is 19.9 Å². The van der Waals surface area contributed by atoms with Crippen LogP contribution >= 0.6 is 0 Å². The fourth-order valence-corrected chi connectivity index (χ4v) is 3.04. The number of amides is 1. The molecular weight excluding hydrogens is 402 g/mol. The van der Waals surface area contributed by atoms with E-state index in [1.54, 1.807) is 19.3 Å². The summed E-state index contributed by atoms with van der Waals surface area (Å²) in [6.45, 7) is 5.78. The second-order valence-corrected chi connectivity index (χ2v) is 6.71. The molecule has 0 spiro atoms. The summed E-state index contributed by atoms with van der Waals surface area (Å²) in [5, 5.41) is 3.19. The smallest absolute Gasteiger partial charge is 0.419 e. The molecular formula is C22H19F4NO3. The third kappa shape index (κ3) is 4.48. The Hall–Kier alpha value is -3.29. The lowest BCUT2D eigenvalue weighted by Gasteiger charge is -2.12. The summed E-state index contributed by atoms with van der Waals surface area (Å²) in [6.07, 6.45) is -2.00. The normalized spacial score (nSPS) is 12.3. The van der Waals surface area contributed by atoms with Gasteiger partial charge in [0.1, 0.15) is 17.1 Å². The number of furan rings is 1. The van der Waals surface area contributed by atoms with Crippen LogP contribution in [0, 0.1) is 12.7 Å². The minimum Gasteiger partial charge on any atom is -0.493 e. The van der Waals surface area contributed by atoms with Gasteiger partial charge >= 0.3 is 6.18 Å². The molecule has 1 amide bonds. The van der Waals surface area contributed by atoms with Crippen LogP contribution in [-0.2, 0) is 11.0 Å². The zero-order valence-corrected chi connectivity index (χ0v) is 16.5. The van der Waals surface area contributed by atoms with Gasteiger partial charge in [0.15, 0.2) is 0 Å². The summed E-state index contributed by atoms with van der Waals surface area (Å²) < 4.78 is 63.1. The van der Waals surface area contributed by atoms with Crippen molar-refractivity contribution in [1.29, 1.82) is 0 Å². The van der Waals surface area contributed by atoms with E-state index in [-0.39, 0.29) is 5.69 Å². The lowest BCUT2D eigenvalue weighted by atomic mass is 10.0. The number of alkyl halides is 3. The predicted octanol–water partition coefficient (Wildman–Crippen LogP) is 6.34. The van der Waals surface area contributed by atoms with Crippen LogP contribution in [0.15, 0.2) is 47.1 Å². The third-order valence-electron chi connectivity index (χ3n) is 4.48. The predicted molar refractivity (Wildman–Crippen MR) is 106 cm³/mol. The van der Waals surface area contributed by atoms with Crippen molar-refractivity contribution in [3.8, 4) is 5.75 Å². The van der Waals surface area contributed by atoms with Gasteiger partial charge in [-0.15, -0.1) is 0 Å². The largest absolute Gasteiger partial charge is 0.493 e. The van der Waals surface area contributed by atoms with Gasteiger partial charge in [-0.1, -0.05) is 0 Å². The van der Waals surface area contributed by atoms with Gasteiger partial charge < -0.3 is 14.5 Å². The molecule has 0 aliphatic heterocycles. The average molecular weight is 421 g/mol. The highest BCUT2D eigenvalue weighted by Gasteiger charge is 2.34. The van der Waals surface area contributed by atoms with Crippen molar-refractivity contribution in [3.05, 3.63) is 65.2 Å². The first-order valence-corrected chi connectivity index (χ1v) is 9.11. The quantitative estimate of drug-likeness (QED) is 0.386. The molecule has 1 aromatic heterocycles. The number of benzene rings is 2. The zero-order valence-electron chi connectivity index (χ0n) is 16.5. The van der Waals surface area contributed by atoms with Crippen LogP contribution in [0.25, 0.3) is 16.5 Å². The van der Waals surface area contributed by atoms with E-state index in [9.17, 15) is 22.4 Å². The van der Waals surface area contributed by atoms with Crippen LogP contribution in [0.5, 0.6) is 5.75 Å². The van der Waals surface area contributed by atoms with E-state index >= 15 is 0 Å². The van der Waals surface area contributed by atoms with Crippen molar-refractivity contribution < 1.29 is 31.5 Å². The highest BCUT2D eigenvalue weighted by Crippen LogP contribution is 2.34. The first-order valence-electron chi connectivity index (χ1n) is 9.11. The Kier molecular flexibility index (Phi) is 5.87. The van der Waals surface area contributed by atoms with Gasteiger partial charge in [-0.25, -0.2) is 4.39 Å². The van der Waals surface area contributed by atoms with Crippen molar-refractivity contribution in [3.63, 3.8) is 0 Å². The van der Waals surface area contributed by atoms with Crippen molar-refractivity contribution >= 4 is 28.1 Å². The van der Waals surface area contributed by atoms with Crippen molar-refractivity contribution in [2.45, 2.75) is 26.9 Å². The Balaban J connectivity index is 1.91. The fraction of sp³-hybridized carbons (Fsp3) is 0.227. The van der Waals surface area contributed by atoms with E-state index in [1.165, 1.54) is 6.08 Å². The Bertz CT molecular complexity index is 1130. The molecule has 30 heavy (non-hydrogen) atoms. The number of hydrogen-bond donors (Lipinski definition) is 1. The van der Waals surface area contributed by atoms with Gasteiger partial charge in [0.2, 0.25) is 5.91 Å². The molecule has 0 bridgehead atoms. The monoisotopic (exact) mass is 421 g/mol. The fourth-order valence-electron chi connectivity index (χ4n) is 3.04. The van der Waals surface area contributed by atoms with E-state index in [0.717, 1.165) is 17.0 Å². The third-order valence-corrected chi connectivity index (χ3v) is 4.48. The number of rotatable bonds is 5. The maximum Gasteiger partial charge on any atom is 0.419 e. The number of nitrogens with one attached hydrogen (secondary N) is 1. The highest BCUT2D eigenvalue weighted by molar-refractivity contribution is 6.04. The number of fused-ring (bicyclic) bond motifs is 1. The van der Waals surface area contributed by atoms with Gasteiger partial charge in [-0.05, 0) is 56.2 Å². The number of carbonyl (C=O) groups excluding carboxylic acids is 1. The van der Waals surface area contributed by atoms with E-state index in [2.05, 4.69) is 5.32 Å². The van der Waals surface area contributed by atoms with E-state index in [0.29, 0.717) is 41.2 Å². The van der Waals surface area contributed by atoms with Gasteiger partial charge in [0.05, 0.1) is 18.4 Å². The number of ether oxygens (including phenoxy) is 1. The van der Waals surface area contributed by atoms with Crippen LogP contribution in [0.2, 0.25) is 0 Å². The van der Waals surface area contributed by atoms with Gasteiger partial charge in [-0.2, -0.15) is 13.2 Å². The molecule has 1 N–H and O–H groups in total. The van der Waals surface area contributed by atoms with Crippen molar-refractivity contribution in [2.24, 2.45) is 0 Å². The number of carbonyl (C=O) groups is 1. The van der Waals surface area contributed by atoms with Crippen LogP contribution in [0.4, 0.5) is 23.2 Å². The van der Waals surface area contributed by atoms with Gasteiger partial charge in [-0.3, -0.25) is 4.79 Å². The lowest BCUT2D eigenvalue weighted by Crippen LogP contribution is -2.12. The second-order valence-electron chi connectivity index (χ2n) is 6.71. The summed E-state index contributed by atoms with van der Waals surface area (Å²) >= 11 is 0. The Morgan fingerprint density at radius 1 is 1.23 bits per heavy atom. The topological polar surface area (TPSA) is 51.5 Å².